The molecule has 0 N–H and O–H groups in total. The monoisotopic (exact) mass is 419 g/mol. The Labute approximate surface area is 178 Å². The Morgan fingerprint density at radius 1 is 0.867 bits per heavy atom. The molecular formula is C24H18ClNO4. The van der Waals surface area contributed by atoms with Gasteiger partial charge in [0.1, 0.15) is 0 Å². The van der Waals surface area contributed by atoms with Gasteiger partial charge >= 0.3 is 5.97 Å². The number of para-hydroxylation sites is 1. The Hall–Kier alpha value is -3.44. The highest BCUT2D eigenvalue weighted by Gasteiger charge is 2.26. The zero-order valence-electron chi connectivity index (χ0n) is 16.0. The van der Waals surface area contributed by atoms with Crippen LogP contribution < -0.4 is 4.90 Å². The van der Waals surface area contributed by atoms with Gasteiger partial charge in [0.2, 0.25) is 0 Å². The smallest absolute Gasteiger partial charge is 0.339 e. The molecule has 1 aliphatic rings. The summed E-state index contributed by atoms with van der Waals surface area (Å²) >= 11 is 5.88. The maximum atomic E-state index is 12.8. The van der Waals surface area contributed by atoms with Gasteiger partial charge in [-0.2, -0.15) is 0 Å². The molecule has 150 valence electrons. The molecule has 4 rings (SSSR count). The van der Waals surface area contributed by atoms with Gasteiger partial charge < -0.3 is 9.64 Å². The number of anilines is 1. The van der Waals surface area contributed by atoms with Crippen LogP contribution in [0.2, 0.25) is 5.02 Å². The number of hydrogen-bond acceptors (Lipinski definition) is 4. The molecule has 0 spiro atoms. The number of halogens is 1. The van der Waals surface area contributed by atoms with Crippen LogP contribution in [-0.4, -0.2) is 30.8 Å². The number of fused-ring (bicyclic) bond motifs is 1. The molecule has 0 atom stereocenters. The first kappa shape index (κ1) is 19.9. The van der Waals surface area contributed by atoms with E-state index in [-0.39, 0.29) is 22.8 Å². The van der Waals surface area contributed by atoms with Gasteiger partial charge in [-0.05, 0) is 48.4 Å². The van der Waals surface area contributed by atoms with Crippen molar-refractivity contribution in [3.05, 3.63) is 100 Å². The van der Waals surface area contributed by atoms with Gasteiger partial charge in [0.15, 0.2) is 12.4 Å². The molecule has 3 aromatic rings. The van der Waals surface area contributed by atoms with Crippen molar-refractivity contribution in [1.29, 1.82) is 0 Å². The van der Waals surface area contributed by atoms with E-state index in [0.717, 1.165) is 17.7 Å². The van der Waals surface area contributed by atoms with Crippen molar-refractivity contribution in [2.24, 2.45) is 0 Å². The van der Waals surface area contributed by atoms with E-state index in [9.17, 15) is 14.4 Å². The quantitative estimate of drug-likeness (QED) is 0.456. The summed E-state index contributed by atoms with van der Waals surface area (Å²) in [6, 6.07) is 20.5. The molecule has 0 fully saturated rings. The summed E-state index contributed by atoms with van der Waals surface area (Å²) in [5, 5.41) is 0.515. The molecule has 30 heavy (non-hydrogen) atoms. The molecule has 6 heteroatoms. The molecule has 0 saturated heterocycles. The summed E-state index contributed by atoms with van der Waals surface area (Å²) in [5.41, 5.74) is 2.67. The van der Waals surface area contributed by atoms with E-state index in [4.69, 9.17) is 16.3 Å². The van der Waals surface area contributed by atoms with Gasteiger partial charge in [0.05, 0.1) is 5.56 Å². The zero-order chi connectivity index (χ0) is 21.1. The van der Waals surface area contributed by atoms with Gasteiger partial charge in [-0.15, -0.1) is 0 Å². The molecule has 0 aromatic heterocycles. The highest BCUT2D eigenvalue weighted by Crippen LogP contribution is 2.27. The summed E-state index contributed by atoms with van der Waals surface area (Å²) in [6.07, 6.45) is 0.772. The van der Waals surface area contributed by atoms with E-state index in [0.29, 0.717) is 17.1 Å². The van der Waals surface area contributed by atoms with Crippen LogP contribution in [0.5, 0.6) is 0 Å². The Morgan fingerprint density at radius 2 is 1.53 bits per heavy atom. The number of esters is 1. The maximum Gasteiger partial charge on any atom is 0.339 e. The minimum atomic E-state index is -0.714. The predicted molar refractivity (Wildman–Crippen MR) is 114 cm³/mol. The van der Waals surface area contributed by atoms with Crippen LogP contribution in [-0.2, 0) is 16.0 Å². The Morgan fingerprint density at radius 3 is 2.30 bits per heavy atom. The number of nitrogens with zero attached hydrogens (tertiary/aromatic N) is 1. The number of ketones is 1. The first-order valence-electron chi connectivity index (χ1n) is 9.49. The third-order valence-corrected chi connectivity index (χ3v) is 5.26. The number of benzene rings is 3. The predicted octanol–water partition coefficient (Wildman–Crippen LogP) is 4.32. The molecular weight excluding hydrogens is 402 g/mol. The second-order valence-corrected chi connectivity index (χ2v) is 7.32. The minimum Gasteiger partial charge on any atom is -0.452 e. The fourth-order valence-electron chi connectivity index (χ4n) is 3.50. The van der Waals surface area contributed by atoms with Crippen molar-refractivity contribution in [3.63, 3.8) is 0 Å². The van der Waals surface area contributed by atoms with Crippen LogP contribution in [0.1, 0.15) is 31.8 Å². The topological polar surface area (TPSA) is 63.7 Å². The highest BCUT2D eigenvalue weighted by atomic mass is 35.5. The van der Waals surface area contributed by atoms with Crippen LogP contribution in [0, 0.1) is 0 Å². The standard InChI is InChI=1S/C24H18ClNO4/c25-18-11-9-17(10-12-18)23(28)19-6-2-3-7-20(19)24(29)30-15-22(27)26-14-13-16-5-1-4-8-21(16)26/h1-12H,13-15H2. The van der Waals surface area contributed by atoms with E-state index in [1.54, 1.807) is 47.4 Å². The van der Waals surface area contributed by atoms with Crippen molar-refractivity contribution < 1.29 is 19.1 Å². The van der Waals surface area contributed by atoms with E-state index in [1.807, 2.05) is 24.3 Å². The van der Waals surface area contributed by atoms with Crippen molar-refractivity contribution >= 4 is 34.9 Å². The van der Waals surface area contributed by atoms with Gasteiger partial charge in [0, 0.05) is 28.4 Å². The lowest BCUT2D eigenvalue weighted by atomic mass is 9.98. The lowest BCUT2D eigenvalue weighted by Crippen LogP contribution is -2.33. The van der Waals surface area contributed by atoms with E-state index in [2.05, 4.69) is 0 Å². The normalized spacial score (nSPS) is 12.4. The average molecular weight is 420 g/mol. The molecule has 3 aromatic carbocycles. The van der Waals surface area contributed by atoms with Crippen LogP contribution in [0.4, 0.5) is 5.69 Å². The average Bonchev–Trinajstić information content (AvgIpc) is 3.21. The fraction of sp³-hybridized carbons (Fsp3) is 0.125. The van der Waals surface area contributed by atoms with Crippen LogP contribution in [0.3, 0.4) is 0 Å². The summed E-state index contributed by atoms with van der Waals surface area (Å²) in [4.78, 5) is 39.7. The van der Waals surface area contributed by atoms with Gasteiger partial charge in [0.25, 0.3) is 5.91 Å². The number of carbonyl (C=O) groups is 3. The van der Waals surface area contributed by atoms with E-state index < -0.39 is 12.6 Å². The minimum absolute atomic E-state index is 0.118. The number of ether oxygens (including phenoxy) is 1. The van der Waals surface area contributed by atoms with Crippen LogP contribution in [0.25, 0.3) is 0 Å². The molecule has 1 heterocycles. The summed E-state index contributed by atoms with van der Waals surface area (Å²) < 4.78 is 5.26. The SMILES string of the molecule is O=C(OCC(=O)N1CCc2ccccc21)c1ccccc1C(=O)c1ccc(Cl)cc1. The van der Waals surface area contributed by atoms with Gasteiger partial charge in [-0.3, -0.25) is 9.59 Å². The van der Waals surface area contributed by atoms with Gasteiger partial charge in [-0.25, -0.2) is 4.79 Å². The fourth-order valence-corrected chi connectivity index (χ4v) is 3.62. The molecule has 5 nitrogen and oxygen atoms in total. The Balaban J connectivity index is 1.47. The third-order valence-electron chi connectivity index (χ3n) is 5.01. The highest BCUT2D eigenvalue weighted by molar-refractivity contribution is 6.30. The number of amides is 1. The molecule has 1 amide bonds. The Bertz CT molecular complexity index is 1120. The second kappa shape index (κ2) is 8.51. The lowest BCUT2D eigenvalue weighted by molar-refractivity contribution is -0.121. The Kier molecular flexibility index (Phi) is 5.63. The first-order chi connectivity index (χ1) is 14.5. The van der Waals surface area contributed by atoms with Crippen molar-refractivity contribution in [2.75, 3.05) is 18.1 Å². The van der Waals surface area contributed by atoms with Crippen molar-refractivity contribution in [3.8, 4) is 0 Å². The maximum absolute atomic E-state index is 12.8. The molecule has 0 unspecified atom stereocenters. The van der Waals surface area contributed by atoms with Crippen molar-refractivity contribution in [1.82, 2.24) is 0 Å². The summed E-state index contributed by atoms with van der Waals surface area (Å²) in [5.74, 6) is -1.33. The second-order valence-electron chi connectivity index (χ2n) is 6.88. The lowest BCUT2D eigenvalue weighted by Gasteiger charge is -2.17. The first-order valence-corrected chi connectivity index (χ1v) is 9.87. The molecule has 0 bridgehead atoms. The molecule has 0 aliphatic carbocycles. The number of hydrogen-bond donors (Lipinski definition) is 0. The van der Waals surface area contributed by atoms with Crippen molar-refractivity contribution in [2.45, 2.75) is 6.42 Å². The van der Waals surface area contributed by atoms with E-state index in [1.165, 1.54) is 6.07 Å². The van der Waals surface area contributed by atoms with Gasteiger partial charge in [-0.1, -0.05) is 48.0 Å². The molecule has 0 saturated carbocycles. The largest absolute Gasteiger partial charge is 0.452 e. The van der Waals surface area contributed by atoms with Crippen LogP contribution >= 0.6 is 11.6 Å². The third kappa shape index (κ3) is 3.98. The zero-order valence-corrected chi connectivity index (χ0v) is 16.8. The summed E-state index contributed by atoms with van der Waals surface area (Å²) in [7, 11) is 0. The van der Waals surface area contributed by atoms with Crippen LogP contribution in [0.15, 0.2) is 72.8 Å². The number of rotatable bonds is 5. The van der Waals surface area contributed by atoms with E-state index >= 15 is 0 Å². The summed E-state index contributed by atoms with van der Waals surface area (Å²) in [6.45, 7) is 0.165. The molecule has 1 aliphatic heterocycles. The molecule has 0 radical (unpaired) electrons. The number of carbonyl (C=O) groups excluding carboxylic acids is 3.